The number of para-hydroxylation sites is 4. The van der Waals surface area contributed by atoms with E-state index >= 15 is 0 Å². The zero-order valence-corrected chi connectivity index (χ0v) is 18.1. The highest BCUT2D eigenvalue weighted by atomic mass is 16.2. The van der Waals surface area contributed by atoms with Crippen LogP contribution in [0.5, 0.6) is 0 Å². The predicted molar refractivity (Wildman–Crippen MR) is 124 cm³/mol. The largest absolute Gasteiger partial charge is 0.326 e. The number of fused-ring (bicyclic) bond motifs is 2. The number of anilines is 2. The third-order valence-corrected chi connectivity index (χ3v) is 6.53. The van der Waals surface area contributed by atoms with Gasteiger partial charge in [0.05, 0.1) is 29.0 Å². The van der Waals surface area contributed by atoms with Crippen molar-refractivity contribution in [1.29, 1.82) is 0 Å². The van der Waals surface area contributed by atoms with Crippen LogP contribution in [0.3, 0.4) is 0 Å². The molecule has 5 rings (SSSR count). The molecule has 166 valence electrons. The predicted octanol–water partition coefficient (Wildman–Crippen LogP) is 2.73. The molecule has 3 heterocycles. The summed E-state index contributed by atoms with van der Waals surface area (Å²) in [5, 5.41) is 2.90. The fraction of sp³-hybridized carbons (Fsp3) is 0.375. The summed E-state index contributed by atoms with van der Waals surface area (Å²) in [6.45, 7) is 3.68. The van der Waals surface area contributed by atoms with E-state index in [1.807, 2.05) is 60.0 Å². The number of hydrogen-bond acceptors (Lipinski definition) is 4. The molecule has 2 aliphatic rings. The number of piperidine rings is 1. The zero-order valence-electron chi connectivity index (χ0n) is 18.1. The lowest BCUT2D eigenvalue weighted by atomic mass is 10.0. The smallest absolute Gasteiger partial charge is 0.324 e. The van der Waals surface area contributed by atoms with Crippen molar-refractivity contribution in [1.82, 2.24) is 14.5 Å². The Morgan fingerprint density at radius 3 is 2.56 bits per heavy atom. The van der Waals surface area contributed by atoms with Gasteiger partial charge in [-0.15, -0.1) is 0 Å². The first-order valence-electron chi connectivity index (χ1n) is 11.1. The fourth-order valence-electron chi connectivity index (χ4n) is 5.01. The summed E-state index contributed by atoms with van der Waals surface area (Å²) in [5.41, 5.74) is 3.13. The van der Waals surface area contributed by atoms with Crippen LogP contribution in [-0.4, -0.2) is 51.9 Å². The summed E-state index contributed by atoms with van der Waals surface area (Å²) in [6, 6.07) is 15.1. The topological polar surface area (TPSA) is 90.4 Å². The second-order valence-electron chi connectivity index (χ2n) is 8.71. The number of benzene rings is 2. The first-order chi connectivity index (χ1) is 15.5. The highest BCUT2D eigenvalue weighted by molar-refractivity contribution is 6.04. The highest BCUT2D eigenvalue weighted by Gasteiger charge is 2.31. The molecule has 0 spiro atoms. The zero-order chi connectivity index (χ0) is 22.2. The van der Waals surface area contributed by atoms with Crippen molar-refractivity contribution in [3.8, 4) is 0 Å². The average Bonchev–Trinajstić information content (AvgIpc) is 3.04. The lowest BCUT2D eigenvalue weighted by molar-refractivity contribution is -0.120. The van der Waals surface area contributed by atoms with E-state index in [-0.39, 0.29) is 36.0 Å². The monoisotopic (exact) mass is 433 g/mol. The van der Waals surface area contributed by atoms with Gasteiger partial charge in [0.25, 0.3) is 0 Å². The lowest BCUT2D eigenvalue weighted by Gasteiger charge is -2.35. The van der Waals surface area contributed by atoms with E-state index in [2.05, 4.69) is 15.2 Å². The average molecular weight is 434 g/mol. The van der Waals surface area contributed by atoms with Crippen LogP contribution in [0.2, 0.25) is 0 Å². The van der Waals surface area contributed by atoms with Gasteiger partial charge in [-0.1, -0.05) is 24.3 Å². The Hall–Kier alpha value is -3.39. The molecule has 3 aromatic rings. The summed E-state index contributed by atoms with van der Waals surface area (Å²) in [4.78, 5) is 44.9. The molecule has 2 aromatic carbocycles. The van der Waals surface area contributed by atoms with Gasteiger partial charge in [0, 0.05) is 31.6 Å². The maximum atomic E-state index is 13.3. The molecular weight excluding hydrogens is 406 g/mol. The Balaban J connectivity index is 1.29. The summed E-state index contributed by atoms with van der Waals surface area (Å²) >= 11 is 0. The molecule has 2 aliphatic heterocycles. The summed E-state index contributed by atoms with van der Waals surface area (Å²) in [6.07, 6.45) is 1.88. The van der Waals surface area contributed by atoms with Crippen LogP contribution in [0.4, 0.5) is 11.4 Å². The van der Waals surface area contributed by atoms with Crippen molar-refractivity contribution in [2.45, 2.75) is 38.3 Å². The molecule has 1 atom stereocenters. The maximum Gasteiger partial charge on any atom is 0.326 e. The molecule has 2 amide bonds. The molecule has 1 unspecified atom stereocenters. The van der Waals surface area contributed by atoms with Gasteiger partial charge in [-0.25, -0.2) is 4.79 Å². The van der Waals surface area contributed by atoms with E-state index in [0.717, 1.165) is 42.7 Å². The Kier molecular flexibility index (Phi) is 5.30. The van der Waals surface area contributed by atoms with Crippen LogP contribution in [0.15, 0.2) is 53.3 Å². The molecule has 1 saturated heterocycles. The number of aromatic amines is 1. The summed E-state index contributed by atoms with van der Waals surface area (Å²) in [5.74, 6) is -0.0885. The molecule has 0 bridgehead atoms. The van der Waals surface area contributed by atoms with Crippen LogP contribution in [0.1, 0.15) is 32.2 Å². The fourth-order valence-corrected chi connectivity index (χ4v) is 5.01. The number of imidazole rings is 1. The summed E-state index contributed by atoms with van der Waals surface area (Å²) < 4.78 is 1.86. The Bertz CT molecular complexity index is 1220. The van der Waals surface area contributed by atoms with Gasteiger partial charge in [0.1, 0.15) is 0 Å². The SMILES string of the molecule is CC1CC(=O)Nc2ccccc2N1C(=O)CN1CCC(n2c(=O)[nH]c3ccccc32)CC1. The van der Waals surface area contributed by atoms with Crippen LogP contribution < -0.4 is 15.9 Å². The molecule has 0 aliphatic carbocycles. The Labute approximate surface area is 185 Å². The maximum absolute atomic E-state index is 13.3. The number of amides is 2. The van der Waals surface area contributed by atoms with Gasteiger partial charge in [-0.05, 0) is 44.0 Å². The molecule has 0 saturated carbocycles. The molecule has 8 heteroatoms. The van der Waals surface area contributed by atoms with E-state index in [1.54, 1.807) is 4.90 Å². The van der Waals surface area contributed by atoms with Crippen molar-refractivity contribution in [3.05, 3.63) is 59.0 Å². The van der Waals surface area contributed by atoms with E-state index in [1.165, 1.54) is 0 Å². The number of hydrogen-bond donors (Lipinski definition) is 2. The molecule has 32 heavy (non-hydrogen) atoms. The molecule has 1 fully saturated rings. The molecular formula is C24H27N5O3. The number of carbonyl (C=O) groups is 2. The van der Waals surface area contributed by atoms with Crippen LogP contribution >= 0.6 is 0 Å². The van der Waals surface area contributed by atoms with Gasteiger partial charge in [0.15, 0.2) is 0 Å². The van der Waals surface area contributed by atoms with Crippen molar-refractivity contribution in [2.75, 3.05) is 29.9 Å². The van der Waals surface area contributed by atoms with Gasteiger partial charge in [-0.3, -0.25) is 19.1 Å². The minimum absolute atomic E-state index is 0.0100. The van der Waals surface area contributed by atoms with Crippen molar-refractivity contribution in [3.63, 3.8) is 0 Å². The molecule has 0 radical (unpaired) electrons. The molecule has 2 N–H and O–H groups in total. The van der Waals surface area contributed by atoms with Gasteiger partial charge in [-0.2, -0.15) is 0 Å². The number of nitrogens with one attached hydrogen (secondary N) is 2. The third-order valence-electron chi connectivity index (χ3n) is 6.53. The van der Waals surface area contributed by atoms with Gasteiger partial charge >= 0.3 is 5.69 Å². The van der Waals surface area contributed by atoms with E-state index in [9.17, 15) is 14.4 Å². The van der Waals surface area contributed by atoms with Gasteiger partial charge in [0.2, 0.25) is 11.8 Å². The number of carbonyl (C=O) groups excluding carboxylic acids is 2. The minimum atomic E-state index is -0.214. The number of aromatic nitrogens is 2. The number of likely N-dealkylation sites (tertiary alicyclic amines) is 1. The van der Waals surface area contributed by atoms with E-state index < -0.39 is 0 Å². The Morgan fingerprint density at radius 1 is 1.03 bits per heavy atom. The summed E-state index contributed by atoms with van der Waals surface area (Å²) in [7, 11) is 0. The molecule has 1 aromatic heterocycles. The van der Waals surface area contributed by atoms with Crippen LogP contribution in [0.25, 0.3) is 11.0 Å². The second-order valence-corrected chi connectivity index (χ2v) is 8.71. The first-order valence-corrected chi connectivity index (χ1v) is 11.1. The standard InChI is InChI=1S/C24H27N5O3/c1-16-14-22(30)25-18-6-2-4-8-20(18)28(16)23(31)15-27-12-10-17(11-13-27)29-21-9-5-3-7-19(21)26-24(29)32/h2-9,16-17H,10-15H2,1H3,(H,25,30)(H,26,32). The van der Waals surface area contributed by atoms with Crippen LogP contribution in [0, 0.1) is 0 Å². The van der Waals surface area contributed by atoms with Gasteiger partial charge < -0.3 is 15.2 Å². The highest BCUT2D eigenvalue weighted by Crippen LogP contribution is 2.32. The third kappa shape index (κ3) is 3.71. The minimum Gasteiger partial charge on any atom is -0.324 e. The first kappa shape index (κ1) is 20.5. The number of rotatable bonds is 3. The molecule has 8 nitrogen and oxygen atoms in total. The van der Waals surface area contributed by atoms with Crippen molar-refractivity contribution >= 4 is 34.2 Å². The van der Waals surface area contributed by atoms with E-state index in [4.69, 9.17) is 0 Å². The van der Waals surface area contributed by atoms with Crippen molar-refractivity contribution < 1.29 is 9.59 Å². The Morgan fingerprint density at radius 2 is 1.75 bits per heavy atom. The van der Waals surface area contributed by atoms with Crippen LogP contribution in [-0.2, 0) is 9.59 Å². The normalized spacial score (nSPS) is 20.1. The second kappa shape index (κ2) is 8.27. The van der Waals surface area contributed by atoms with E-state index in [0.29, 0.717) is 12.2 Å². The number of nitrogens with zero attached hydrogens (tertiary/aromatic N) is 3. The lowest BCUT2D eigenvalue weighted by Crippen LogP contribution is -2.47. The number of H-pyrrole nitrogens is 1. The quantitative estimate of drug-likeness (QED) is 0.665. The van der Waals surface area contributed by atoms with Crippen molar-refractivity contribution in [2.24, 2.45) is 0 Å².